The standard InChI is InChI=1S/C17H16N4O2.C10H9BrN2O.C7H8N2O.CH3F.CH2O3.2CH4.2Cs.H/c1-11-18-17(20-23-11)14-4-2-3-12(9-14)10-21-16(22)8-7-15(19-21)13-5-6-13;1-7-12-10(13-14-7)9-4-2-3-8(5-9)6-11;10-7-4-3-6(8-9-7)5-1-2-5;1-2;2-1-4-3;;;;;/h2-4,7-9,13H,5-6,10H2,1H3;2-5H,6H2,1H3;3-5H,1-2H2,(H,9,10);1H3;1,3H;2*1H4;;;/q;;;;;;;2*+1;-1/p-1/i;;;1D;;;;;;. The van der Waals surface area contributed by atoms with Crippen molar-refractivity contribution in [2.24, 2.45) is 0 Å². The van der Waals surface area contributed by atoms with Crippen molar-refractivity contribution in [3.63, 3.8) is 0 Å². The van der Waals surface area contributed by atoms with Gasteiger partial charge in [-0.2, -0.15) is 20.2 Å². The number of aromatic amines is 1. The summed E-state index contributed by atoms with van der Waals surface area (Å²) in [6, 6.07) is 22.6. The average molecular weight is 1090 g/mol. The Morgan fingerprint density at radius 1 is 0.895 bits per heavy atom. The van der Waals surface area contributed by atoms with Gasteiger partial charge in [0.25, 0.3) is 17.6 Å². The van der Waals surface area contributed by atoms with Crippen molar-refractivity contribution in [3.8, 4) is 22.8 Å². The van der Waals surface area contributed by atoms with Crippen LogP contribution in [0.3, 0.4) is 0 Å². The molecule has 0 saturated heterocycles. The monoisotopic (exact) mass is 1090 g/mol. The van der Waals surface area contributed by atoms with E-state index in [1.807, 2.05) is 54.6 Å². The Bertz CT molecular complexity index is 2190. The van der Waals surface area contributed by atoms with Crippen molar-refractivity contribution in [3.05, 3.63) is 128 Å². The molecule has 2 fully saturated rings. The van der Waals surface area contributed by atoms with Crippen LogP contribution in [0.4, 0.5) is 4.39 Å². The number of aromatic nitrogens is 8. The molecule has 0 bridgehead atoms. The van der Waals surface area contributed by atoms with E-state index in [1.54, 1.807) is 26.0 Å². The van der Waals surface area contributed by atoms with Crippen molar-refractivity contribution < 1.29 is 169 Å². The van der Waals surface area contributed by atoms with E-state index in [0.717, 1.165) is 46.2 Å². The fourth-order valence-corrected chi connectivity index (χ4v) is 5.09. The molecule has 0 unspecified atom stereocenters. The van der Waals surface area contributed by atoms with E-state index in [4.69, 9.17) is 20.5 Å². The number of H-pyrrole nitrogens is 1. The Morgan fingerprint density at radius 3 is 1.82 bits per heavy atom. The Labute approximate surface area is 459 Å². The van der Waals surface area contributed by atoms with E-state index in [-0.39, 0.29) is 172 Å². The van der Waals surface area contributed by atoms with E-state index in [1.165, 1.54) is 29.2 Å². The number of halogens is 2. The molecule has 0 atom stereocenters. The largest absolute Gasteiger partial charge is 1.00 e. The number of benzene rings is 2. The molecule has 2 aromatic carbocycles. The Kier molecular flexibility index (Phi) is 27.8. The molecule has 57 heavy (non-hydrogen) atoms. The van der Waals surface area contributed by atoms with Gasteiger partial charge in [-0.25, -0.2) is 9.78 Å². The van der Waals surface area contributed by atoms with Crippen LogP contribution in [0, 0.1) is 13.8 Å². The Balaban J connectivity index is 0. The van der Waals surface area contributed by atoms with E-state index in [9.17, 15) is 14.0 Å². The molecule has 8 rings (SSSR count). The van der Waals surface area contributed by atoms with E-state index < -0.39 is 7.15 Å². The summed E-state index contributed by atoms with van der Waals surface area (Å²) >= 11 is 3.41. The molecule has 2 saturated carbocycles. The van der Waals surface area contributed by atoms with Crippen molar-refractivity contribution in [2.45, 2.75) is 78.1 Å². The summed E-state index contributed by atoms with van der Waals surface area (Å²) in [4.78, 5) is 42.2. The van der Waals surface area contributed by atoms with E-state index >= 15 is 0 Å². The number of carbonyl (C=O) groups is 1. The van der Waals surface area contributed by atoms with Crippen LogP contribution in [0.1, 0.15) is 89.5 Å². The number of carbonyl (C=O) groups excluding carboxylic acids is 1. The fourth-order valence-electron chi connectivity index (χ4n) is 4.74. The predicted octanol–water partition coefficient (Wildman–Crippen LogP) is 0.528. The molecule has 4 aromatic heterocycles. The first-order valence-corrected chi connectivity index (χ1v) is 17.4. The van der Waals surface area contributed by atoms with Gasteiger partial charge in [0.2, 0.25) is 23.4 Å². The van der Waals surface area contributed by atoms with Crippen LogP contribution >= 0.6 is 15.9 Å². The molecule has 0 aliphatic heterocycles. The molecule has 296 valence electrons. The summed E-state index contributed by atoms with van der Waals surface area (Å²) in [5, 5.41) is 27.9. The van der Waals surface area contributed by atoms with E-state index in [0.29, 0.717) is 41.8 Å². The average Bonchev–Trinajstić information content (AvgIpc) is 4.13. The minimum absolute atomic E-state index is 0. The zero-order valence-corrected chi connectivity index (χ0v) is 45.0. The summed E-state index contributed by atoms with van der Waals surface area (Å²) in [6.45, 7) is 3.79. The topological polar surface area (TPSA) is 208 Å². The van der Waals surface area contributed by atoms with Crippen molar-refractivity contribution in [1.82, 2.24) is 40.3 Å². The molecule has 2 aliphatic carbocycles. The summed E-state index contributed by atoms with van der Waals surface area (Å²) in [7, 11) is -1.00. The molecule has 2 aliphatic rings. The summed E-state index contributed by atoms with van der Waals surface area (Å²) < 4.78 is 27.0. The molecule has 6 aromatic rings. The smallest absolute Gasteiger partial charge is 1.00 e. The molecule has 1 N–H and O–H groups in total. The van der Waals surface area contributed by atoms with Gasteiger partial charge in [0, 0.05) is 54.3 Å². The van der Waals surface area contributed by atoms with E-state index in [2.05, 4.69) is 56.4 Å². The number of aryl methyl sites for hydroxylation is 2. The number of alkyl halides is 2. The third-order valence-electron chi connectivity index (χ3n) is 7.53. The minimum atomic E-state index is -1.00. The Morgan fingerprint density at radius 2 is 1.39 bits per heavy atom. The second-order valence-electron chi connectivity index (χ2n) is 11.6. The normalized spacial score (nSPS) is 12.0. The third kappa shape index (κ3) is 19.1. The maximum absolute atomic E-state index is 12.0. The second kappa shape index (κ2) is 29.6. The fraction of sp³-hybridized carbons (Fsp3) is 0.342. The second-order valence-corrected chi connectivity index (χ2v) is 12.2. The van der Waals surface area contributed by atoms with Gasteiger partial charge in [-0.1, -0.05) is 77.5 Å². The molecular formula is C38H46BrCs2FN8O7. The van der Waals surface area contributed by atoms with Gasteiger partial charge in [0.1, 0.15) is 0 Å². The number of nitrogens with one attached hydrogen (secondary N) is 1. The van der Waals surface area contributed by atoms with Gasteiger partial charge in [-0.15, -0.1) is 0 Å². The van der Waals surface area contributed by atoms with Gasteiger partial charge < -0.3 is 20.6 Å². The van der Waals surface area contributed by atoms with Gasteiger partial charge in [-0.3, -0.25) is 18.8 Å². The molecule has 4 heterocycles. The van der Waals surface area contributed by atoms with Gasteiger partial charge in [0.15, 0.2) is 0 Å². The quantitative estimate of drug-likeness (QED) is 0.0957. The number of nitrogens with zero attached hydrogens (tertiary/aromatic N) is 7. The number of hydrogen-bond acceptors (Lipinski definition) is 13. The van der Waals surface area contributed by atoms with Crippen LogP contribution in [0.2, 0.25) is 0 Å². The van der Waals surface area contributed by atoms with Gasteiger partial charge in [-0.05, 0) is 61.1 Å². The first kappa shape index (κ1) is 53.4. The molecular weight excluding hydrogens is 1050 g/mol. The van der Waals surface area contributed by atoms with Gasteiger partial charge in [0.05, 0.1) is 26.5 Å². The SMILES string of the molecule is C.C.Cc1nc(-c2cccc(CBr)c2)no1.Cc1nc(-c2cccc(Cn3nc(C4CC4)ccc3=O)c2)no1.O=CO[O-].O=c1ccc(C2CC2)n[nH]1.[2H]CF.[Cs+].[Cs+].[H-]. The van der Waals surface area contributed by atoms with Crippen molar-refractivity contribution in [1.29, 1.82) is 0 Å². The first-order valence-electron chi connectivity index (χ1n) is 16.9. The molecule has 0 spiro atoms. The minimum Gasteiger partial charge on any atom is -1.00 e. The first-order chi connectivity index (χ1) is 26.2. The molecule has 15 nitrogen and oxygen atoms in total. The number of rotatable bonds is 8. The van der Waals surface area contributed by atoms with Crippen LogP contribution < -0.4 is 154 Å². The summed E-state index contributed by atoms with van der Waals surface area (Å²) in [6.07, 6.45) is 4.77. The van der Waals surface area contributed by atoms with Crippen LogP contribution in [0.25, 0.3) is 22.8 Å². The summed E-state index contributed by atoms with van der Waals surface area (Å²) in [5.41, 5.74) is 5.86. The molecule has 0 amide bonds. The zero-order chi connectivity index (χ0) is 38.9. The zero-order valence-electron chi connectivity index (χ0n) is 32.9. The third-order valence-corrected chi connectivity index (χ3v) is 8.18. The van der Waals surface area contributed by atoms with Gasteiger partial charge >= 0.3 is 138 Å². The van der Waals surface area contributed by atoms with Crippen LogP contribution in [-0.2, 0) is 21.6 Å². The van der Waals surface area contributed by atoms with Crippen LogP contribution in [0.15, 0.2) is 91.4 Å². The maximum atomic E-state index is 12.0. The summed E-state index contributed by atoms with van der Waals surface area (Å²) in [5.74, 6) is 3.46. The van der Waals surface area contributed by atoms with Crippen molar-refractivity contribution in [2.75, 3.05) is 7.15 Å². The number of hydrogen-bond donors (Lipinski definition) is 1. The molecule has 0 radical (unpaired) electrons. The van der Waals surface area contributed by atoms with Crippen molar-refractivity contribution >= 4 is 22.4 Å². The van der Waals surface area contributed by atoms with Crippen LogP contribution in [-0.4, -0.2) is 53.9 Å². The maximum Gasteiger partial charge on any atom is 1.00 e. The molecule has 19 heteroatoms. The predicted molar refractivity (Wildman–Crippen MR) is 207 cm³/mol. The Hall–Kier alpha value is -1.58. The van der Waals surface area contributed by atoms with Crippen LogP contribution in [0.5, 0.6) is 0 Å².